The van der Waals surface area contributed by atoms with Gasteiger partial charge >= 0.3 is 0 Å². The Bertz CT molecular complexity index is 786. The number of aryl methyl sites for hydroxylation is 1. The smallest absolute Gasteiger partial charge is 0.238 e. The van der Waals surface area contributed by atoms with Crippen molar-refractivity contribution >= 4 is 15.7 Å². The normalized spacial score (nSPS) is 17.3. The van der Waals surface area contributed by atoms with Gasteiger partial charge in [-0.1, -0.05) is 18.2 Å². The summed E-state index contributed by atoms with van der Waals surface area (Å²) in [6.07, 6.45) is 0.709. The fraction of sp³-hybridized carbons (Fsp3) is 0.250. The standard InChI is InChI=1S/C16H18N2O3S/c1-11-2-7-16-15(8-11)18-10-13(21-16)9-12-3-5-14(6-4-12)22(17,19)20/h2-8,13,18H,9-10H2,1H3,(H2,17,19,20). The maximum atomic E-state index is 11.2. The molecule has 0 aliphatic carbocycles. The van der Waals surface area contributed by atoms with Gasteiger partial charge < -0.3 is 10.1 Å². The highest BCUT2D eigenvalue weighted by Crippen LogP contribution is 2.30. The zero-order valence-corrected chi connectivity index (χ0v) is 13.1. The molecule has 0 bridgehead atoms. The molecule has 1 aliphatic rings. The second kappa shape index (κ2) is 5.62. The monoisotopic (exact) mass is 318 g/mol. The van der Waals surface area contributed by atoms with E-state index in [0.29, 0.717) is 13.0 Å². The third kappa shape index (κ3) is 3.23. The second-order valence-electron chi connectivity index (χ2n) is 5.51. The Balaban J connectivity index is 1.71. The lowest BCUT2D eigenvalue weighted by atomic mass is 10.1. The number of hydrogen-bond donors (Lipinski definition) is 2. The quantitative estimate of drug-likeness (QED) is 0.907. The Hall–Kier alpha value is -2.05. The van der Waals surface area contributed by atoms with Gasteiger partial charge in [0.05, 0.1) is 17.1 Å². The Morgan fingerprint density at radius 2 is 1.95 bits per heavy atom. The van der Waals surface area contributed by atoms with Crippen molar-refractivity contribution in [3.63, 3.8) is 0 Å². The fourth-order valence-corrected chi connectivity index (χ4v) is 3.04. The minimum Gasteiger partial charge on any atom is -0.486 e. The Labute approximate surface area is 130 Å². The van der Waals surface area contributed by atoms with Gasteiger partial charge in [-0.25, -0.2) is 13.6 Å². The summed E-state index contributed by atoms with van der Waals surface area (Å²) in [6, 6.07) is 12.6. The average Bonchev–Trinajstić information content (AvgIpc) is 2.47. The van der Waals surface area contributed by atoms with E-state index in [-0.39, 0.29) is 11.0 Å². The highest BCUT2D eigenvalue weighted by atomic mass is 32.2. The van der Waals surface area contributed by atoms with Crippen LogP contribution in [-0.4, -0.2) is 21.1 Å². The van der Waals surface area contributed by atoms with Crippen LogP contribution in [0.25, 0.3) is 0 Å². The summed E-state index contributed by atoms with van der Waals surface area (Å²) < 4.78 is 28.5. The van der Waals surface area contributed by atoms with E-state index in [0.717, 1.165) is 17.0 Å². The minimum absolute atomic E-state index is 0.00976. The lowest BCUT2D eigenvalue weighted by molar-refractivity contribution is 0.206. The lowest BCUT2D eigenvalue weighted by Gasteiger charge is -2.27. The Kier molecular flexibility index (Phi) is 3.80. The van der Waals surface area contributed by atoms with Crippen LogP contribution in [0, 0.1) is 6.92 Å². The Morgan fingerprint density at radius 3 is 2.64 bits per heavy atom. The lowest BCUT2D eigenvalue weighted by Crippen LogP contribution is -2.32. The summed E-state index contributed by atoms with van der Waals surface area (Å²) in [6.45, 7) is 2.76. The summed E-state index contributed by atoms with van der Waals surface area (Å²) >= 11 is 0. The van der Waals surface area contributed by atoms with E-state index in [1.54, 1.807) is 12.1 Å². The first-order valence-corrected chi connectivity index (χ1v) is 8.59. The van der Waals surface area contributed by atoms with E-state index in [1.165, 1.54) is 17.7 Å². The van der Waals surface area contributed by atoms with Crippen LogP contribution in [0.2, 0.25) is 0 Å². The topological polar surface area (TPSA) is 81.4 Å². The summed E-state index contributed by atoms with van der Waals surface area (Å²) in [4.78, 5) is 0.125. The maximum absolute atomic E-state index is 11.2. The number of ether oxygens (including phenoxy) is 1. The van der Waals surface area contributed by atoms with Crippen molar-refractivity contribution in [3.8, 4) is 5.75 Å². The molecule has 6 heteroatoms. The van der Waals surface area contributed by atoms with Crippen LogP contribution >= 0.6 is 0 Å². The van der Waals surface area contributed by atoms with E-state index < -0.39 is 10.0 Å². The molecule has 0 saturated carbocycles. The van der Waals surface area contributed by atoms with Crippen molar-refractivity contribution in [2.24, 2.45) is 5.14 Å². The first-order chi connectivity index (χ1) is 10.4. The molecule has 1 aliphatic heterocycles. The summed E-state index contributed by atoms with van der Waals surface area (Å²) in [7, 11) is -3.64. The molecule has 0 aromatic heterocycles. The third-order valence-electron chi connectivity index (χ3n) is 3.66. The van der Waals surface area contributed by atoms with Crippen LogP contribution in [0.4, 0.5) is 5.69 Å². The molecule has 2 aromatic rings. The van der Waals surface area contributed by atoms with E-state index in [2.05, 4.69) is 11.4 Å². The maximum Gasteiger partial charge on any atom is 0.238 e. The number of fused-ring (bicyclic) bond motifs is 1. The summed E-state index contributed by atoms with van der Waals surface area (Å²) in [5.41, 5.74) is 3.21. The number of hydrogen-bond acceptors (Lipinski definition) is 4. The van der Waals surface area contributed by atoms with Crippen molar-refractivity contribution in [2.45, 2.75) is 24.3 Å². The van der Waals surface area contributed by atoms with E-state index >= 15 is 0 Å². The van der Waals surface area contributed by atoms with E-state index in [4.69, 9.17) is 9.88 Å². The molecule has 0 radical (unpaired) electrons. The molecule has 0 fully saturated rings. The molecule has 0 saturated heterocycles. The van der Waals surface area contributed by atoms with Gasteiger partial charge in [-0.05, 0) is 42.3 Å². The second-order valence-corrected chi connectivity index (χ2v) is 7.07. The van der Waals surface area contributed by atoms with E-state index in [9.17, 15) is 8.42 Å². The van der Waals surface area contributed by atoms with Crippen LogP contribution in [0.3, 0.4) is 0 Å². The van der Waals surface area contributed by atoms with Gasteiger partial charge in [0.25, 0.3) is 0 Å². The van der Waals surface area contributed by atoms with Gasteiger partial charge in [-0.2, -0.15) is 0 Å². The van der Waals surface area contributed by atoms with Gasteiger partial charge in [0.2, 0.25) is 10.0 Å². The predicted molar refractivity (Wildman–Crippen MR) is 85.6 cm³/mol. The molecule has 3 rings (SSSR count). The predicted octanol–water partition coefficient (Wildman–Crippen LogP) is 2.06. The Morgan fingerprint density at radius 1 is 1.23 bits per heavy atom. The van der Waals surface area contributed by atoms with Gasteiger partial charge in [0, 0.05) is 6.42 Å². The number of rotatable bonds is 3. The van der Waals surface area contributed by atoms with Gasteiger partial charge in [-0.3, -0.25) is 0 Å². The number of nitrogens with two attached hydrogens (primary N) is 1. The molecule has 1 heterocycles. The van der Waals surface area contributed by atoms with Crippen LogP contribution in [0.1, 0.15) is 11.1 Å². The molecule has 3 N–H and O–H groups in total. The molecule has 22 heavy (non-hydrogen) atoms. The van der Waals surface area contributed by atoms with Crippen LogP contribution in [0.15, 0.2) is 47.4 Å². The minimum atomic E-state index is -3.64. The highest BCUT2D eigenvalue weighted by molar-refractivity contribution is 7.89. The highest BCUT2D eigenvalue weighted by Gasteiger charge is 2.19. The molecule has 5 nitrogen and oxygen atoms in total. The number of benzene rings is 2. The largest absolute Gasteiger partial charge is 0.486 e. The average molecular weight is 318 g/mol. The number of sulfonamides is 1. The number of nitrogens with one attached hydrogen (secondary N) is 1. The number of primary sulfonamides is 1. The summed E-state index contributed by atoms with van der Waals surface area (Å²) in [5.74, 6) is 0.850. The van der Waals surface area contributed by atoms with Gasteiger partial charge in [0.1, 0.15) is 11.9 Å². The first kappa shape index (κ1) is 14.9. The molecule has 1 atom stereocenters. The molecule has 1 unspecified atom stereocenters. The van der Waals surface area contributed by atoms with Gasteiger partial charge in [-0.15, -0.1) is 0 Å². The van der Waals surface area contributed by atoms with Gasteiger partial charge in [0.15, 0.2) is 0 Å². The number of anilines is 1. The third-order valence-corrected chi connectivity index (χ3v) is 4.59. The van der Waals surface area contributed by atoms with Crippen LogP contribution in [0.5, 0.6) is 5.75 Å². The molecule has 2 aromatic carbocycles. The zero-order chi connectivity index (χ0) is 15.7. The molecule has 0 spiro atoms. The van der Waals surface area contributed by atoms with E-state index in [1.807, 2.05) is 19.1 Å². The van der Waals surface area contributed by atoms with Crippen LogP contribution < -0.4 is 15.2 Å². The molecule has 116 valence electrons. The van der Waals surface area contributed by atoms with Crippen molar-refractivity contribution in [2.75, 3.05) is 11.9 Å². The van der Waals surface area contributed by atoms with Crippen molar-refractivity contribution in [1.82, 2.24) is 0 Å². The SMILES string of the molecule is Cc1ccc2c(c1)NCC(Cc1ccc(S(N)(=O)=O)cc1)O2. The molecular weight excluding hydrogens is 300 g/mol. The van der Waals surface area contributed by atoms with Crippen molar-refractivity contribution in [3.05, 3.63) is 53.6 Å². The molecular formula is C16H18N2O3S. The van der Waals surface area contributed by atoms with Crippen molar-refractivity contribution < 1.29 is 13.2 Å². The van der Waals surface area contributed by atoms with Crippen LogP contribution in [-0.2, 0) is 16.4 Å². The zero-order valence-electron chi connectivity index (χ0n) is 12.2. The fourth-order valence-electron chi connectivity index (χ4n) is 2.52. The first-order valence-electron chi connectivity index (χ1n) is 7.05. The van der Waals surface area contributed by atoms with Crippen molar-refractivity contribution in [1.29, 1.82) is 0 Å². The molecule has 0 amide bonds. The summed E-state index contributed by atoms with van der Waals surface area (Å²) in [5, 5.41) is 8.46.